The molecule has 0 bridgehead atoms. The molecular weight excluding hydrogens is 837 g/mol. The Morgan fingerprint density at radius 2 is 0.691 bits per heavy atom. The van der Waals surface area contributed by atoms with Crippen LogP contribution in [-0.4, -0.2) is 8.07 Å². The molecule has 0 atom stereocenters. The zero-order valence-corrected chi connectivity index (χ0v) is 38.3. The quantitative estimate of drug-likeness (QED) is 0.0842. The van der Waals surface area contributed by atoms with Gasteiger partial charge in [-0.05, 0) is 105 Å². The van der Waals surface area contributed by atoms with Crippen LogP contribution in [0.1, 0.15) is 0 Å². The molecule has 0 aliphatic heterocycles. The zero-order valence-electron chi connectivity index (χ0n) is 37.3. The topological polar surface area (TPSA) is 13.1 Å². The van der Waals surface area contributed by atoms with Crippen molar-refractivity contribution in [2.45, 2.75) is 0 Å². The summed E-state index contributed by atoms with van der Waals surface area (Å²) in [6.07, 6.45) is 0. The van der Waals surface area contributed by atoms with E-state index in [9.17, 15) is 0 Å². The fraction of sp³-hybridized carbons (Fsp3) is 0. The number of rotatable bonds is 8. The van der Waals surface area contributed by atoms with Crippen molar-refractivity contribution in [1.29, 1.82) is 0 Å². The van der Waals surface area contributed by atoms with E-state index in [1.54, 1.807) is 0 Å². The maximum Gasteiger partial charge on any atom is 0.179 e. The molecule has 0 N–H and O–H groups in total. The van der Waals surface area contributed by atoms with E-state index in [-0.39, 0.29) is 0 Å². The molecule has 0 saturated heterocycles. The highest BCUT2D eigenvalue weighted by molar-refractivity contribution is 7.19. The minimum absolute atomic E-state index is 0.886. The normalized spacial score (nSPS) is 11.8. The predicted molar refractivity (Wildman–Crippen MR) is 292 cm³/mol. The molecule has 2 heteroatoms. The third-order valence-electron chi connectivity index (χ3n) is 14.2. The number of para-hydroxylation sites is 1. The van der Waals surface area contributed by atoms with Crippen molar-refractivity contribution in [2.75, 3.05) is 0 Å². The lowest BCUT2D eigenvalue weighted by molar-refractivity contribution is 0.670. The molecule has 0 fully saturated rings. The van der Waals surface area contributed by atoms with Crippen molar-refractivity contribution < 1.29 is 4.42 Å². The third kappa shape index (κ3) is 6.37. The number of hydrogen-bond acceptors (Lipinski definition) is 1. The Hall–Kier alpha value is -8.56. The van der Waals surface area contributed by atoms with Crippen LogP contribution >= 0.6 is 0 Å². The molecule has 12 aromatic carbocycles. The van der Waals surface area contributed by atoms with E-state index in [1.807, 2.05) is 0 Å². The Kier molecular flexibility index (Phi) is 9.59. The SMILES string of the molecule is c1ccc([Si](c2ccccc2)(c2ccccc2)c2ccc(-c3cc(-c4c5ccccc5c(-c5ccc(-c6cccc7ccccc67)cc5)c5ccccc45)c4oc5ccccc5c4c3)cc2)cc1. The van der Waals surface area contributed by atoms with Gasteiger partial charge in [0.15, 0.2) is 8.07 Å². The van der Waals surface area contributed by atoms with Crippen LogP contribution in [0.5, 0.6) is 0 Å². The first-order valence-electron chi connectivity index (χ1n) is 23.5. The van der Waals surface area contributed by atoms with Crippen LogP contribution in [0.2, 0.25) is 0 Å². The summed E-state index contributed by atoms with van der Waals surface area (Å²) in [6.45, 7) is 0. The van der Waals surface area contributed by atoms with E-state index in [4.69, 9.17) is 4.42 Å². The van der Waals surface area contributed by atoms with Crippen molar-refractivity contribution in [1.82, 2.24) is 0 Å². The van der Waals surface area contributed by atoms with Crippen LogP contribution in [0.3, 0.4) is 0 Å². The summed E-state index contributed by atoms with van der Waals surface area (Å²) in [5, 5.41) is 15.0. The molecular formula is C66H44OSi. The van der Waals surface area contributed by atoms with Gasteiger partial charge in [-0.3, -0.25) is 0 Å². The molecule has 0 radical (unpaired) electrons. The van der Waals surface area contributed by atoms with E-state index < -0.39 is 8.07 Å². The lowest BCUT2D eigenvalue weighted by atomic mass is 9.84. The Labute approximate surface area is 396 Å². The molecule has 318 valence electrons. The van der Waals surface area contributed by atoms with Crippen molar-refractivity contribution in [3.05, 3.63) is 267 Å². The predicted octanol–water partition coefficient (Wildman–Crippen LogP) is 15.1. The maximum absolute atomic E-state index is 6.94. The summed E-state index contributed by atoms with van der Waals surface area (Å²) < 4.78 is 6.94. The Balaban J connectivity index is 1.01. The van der Waals surface area contributed by atoms with Crippen molar-refractivity contribution in [2.24, 2.45) is 0 Å². The van der Waals surface area contributed by atoms with Gasteiger partial charge in [0.25, 0.3) is 0 Å². The van der Waals surface area contributed by atoms with Gasteiger partial charge in [0.1, 0.15) is 11.2 Å². The highest BCUT2D eigenvalue weighted by atomic mass is 28.3. The summed E-state index contributed by atoms with van der Waals surface area (Å²) in [7, 11) is -2.70. The monoisotopic (exact) mass is 880 g/mol. The molecule has 1 heterocycles. The number of benzene rings is 12. The molecule has 1 nitrogen and oxygen atoms in total. The van der Waals surface area contributed by atoms with Gasteiger partial charge < -0.3 is 4.42 Å². The molecule has 0 amide bonds. The molecule has 1 aromatic heterocycles. The van der Waals surface area contributed by atoms with Crippen LogP contribution in [0.25, 0.3) is 98.8 Å². The number of furan rings is 1. The fourth-order valence-corrected chi connectivity index (χ4v) is 15.9. The van der Waals surface area contributed by atoms with Crippen molar-refractivity contribution >= 4 is 83.1 Å². The molecule has 0 aliphatic carbocycles. The van der Waals surface area contributed by atoms with Gasteiger partial charge in [0.05, 0.1) is 0 Å². The minimum Gasteiger partial charge on any atom is -0.455 e. The summed E-state index contributed by atoms with van der Waals surface area (Å²) >= 11 is 0. The fourth-order valence-electron chi connectivity index (χ4n) is 11.2. The molecule has 0 aliphatic rings. The first kappa shape index (κ1) is 39.8. The van der Waals surface area contributed by atoms with Gasteiger partial charge in [-0.25, -0.2) is 0 Å². The maximum atomic E-state index is 6.94. The highest BCUT2D eigenvalue weighted by Gasteiger charge is 2.41. The van der Waals surface area contributed by atoms with Gasteiger partial charge in [-0.2, -0.15) is 0 Å². The lowest BCUT2D eigenvalue weighted by Gasteiger charge is -2.34. The molecule has 0 spiro atoms. The average molecular weight is 881 g/mol. The van der Waals surface area contributed by atoms with Gasteiger partial charge in [-0.15, -0.1) is 0 Å². The van der Waals surface area contributed by atoms with Crippen LogP contribution in [0.4, 0.5) is 0 Å². The number of hydrogen-bond donors (Lipinski definition) is 0. The molecule has 13 rings (SSSR count). The van der Waals surface area contributed by atoms with E-state index in [1.165, 1.54) is 80.9 Å². The van der Waals surface area contributed by atoms with Crippen molar-refractivity contribution in [3.63, 3.8) is 0 Å². The van der Waals surface area contributed by atoms with Crippen LogP contribution in [-0.2, 0) is 0 Å². The smallest absolute Gasteiger partial charge is 0.179 e. The molecule has 13 aromatic rings. The minimum atomic E-state index is -2.70. The van der Waals surface area contributed by atoms with Crippen LogP contribution in [0.15, 0.2) is 271 Å². The van der Waals surface area contributed by atoms with Crippen LogP contribution < -0.4 is 20.7 Å². The largest absolute Gasteiger partial charge is 0.455 e. The molecule has 68 heavy (non-hydrogen) atoms. The van der Waals surface area contributed by atoms with Crippen molar-refractivity contribution in [3.8, 4) is 44.5 Å². The van der Waals surface area contributed by atoms with Gasteiger partial charge in [-0.1, -0.05) is 249 Å². The third-order valence-corrected chi connectivity index (χ3v) is 19.0. The average Bonchev–Trinajstić information content (AvgIpc) is 3.80. The first-order valence-corrected chi connectivity index (χ1v) is 25.5. The van der Waals surface area contributed by atoms with E-state index in [0.717, 1.165) is 38.6 Å². The van der Waals surface area contributed by atoms with Gasteiger partial charge >= 0.3 is 0 Å². The zero-order chi connectivity index (χ0) is 45.0. The van der Waals surface area contributed by atoms with E-state index >= 15 is 0 Å². The van der Waals surface area contributed by atoms with E-state index in [0.29, 0.717) is 0 Å². The second kappa shape index (κ2) is 16.4. The summed E-state index contributed by atoms with van der Waals surface area (Å²) in [5.41, 5.74) is 11.2. The second-order valence-corrected chi connectivity index (χ2v) is 21.7. The second-order valence-electron chi connectivity index (χ2n) is 17.9. The highest BCUT2D eigenvalue weighted by Crippen LogP contribution is 2.48. The summed E-state index contributed by atoms with van der Waals surface area (Å²) in [4.78, 5) is 0. The van der Waals surface area contributed by atoms with Gasteiger partial charge in [0.2, 0.25) is 0 Å². The summed E-state index contributed by atoms with van der Waals surface area (Å²) in [5.74, 6) is 0. The number of fused-ring (bicyclic) bond motifs is 6. The Morgan fingerprint density at radius 1 is 0.250 bits per heavy atom. The van der Waals surface area contributed by atoms with Crippen LogP contribution in [0, 0.1) is 0 Å². The summed E-state index contributed by atoms with van der Waals surface area (Å²) in [6, 6.07) is 98.4. The Bertz CT molecular complexity index is 3830. The standard InChI is InChI=1S/C66H44OSi/c1-4-21-50(22-5-1)68(51-23-6-2-7-24-51,52-25-8-3-9-26-52)53-41-39-45(40-42-53)49-43-61-56-28-16-17-34-63(56)67-66(61)62(44-49)65-59-31-14-12-29-57(59)64(58-30-13-15-32-60(58)65)48-37-35-47(36-38-48)55-33-18-20-46-19-10-11-27-54(46)55/h1-44H. The lowest BCUT2D eigenvalue weighted by Crippen LogP contribution is -2.74. The van der Waals surface area contributed by atoms with Gasteiger partial charge in [0, 0.05) is 21.9 Å². The Morgan fingerprint density at radius 3 is 1.28 bits per heavy atom. The molecule has 0 unspecified atom stereocenters. The van der Waals surface area contributed by atoms with E-state index in [2.05, 4.69) is 267 Å². The molecule has 0 saturated carbocycles. The first-order chi connectivity index (χ1) is 33.7.